The Bertz CT molecular complexity index is 341. The Hall–Kier alpha value is -0.300. The molecule has 23 heavy (non-hydrogen) atoms. The summed E-state index contributed by atoms with van der Waals surface area (Å²) >= 11 is 1.92. The van der Waals surface area contributed by atoms with Gasteiger partial charge in [0.05, 0.1) is 18.6 Å². The molecule has 2 N–H and O–H groups in total. The standard InChI is InChI=1S/C17H35NO4S/c1-8-21-17(7,10-16(19)20)18-11-15(22-12(3)4)13(5)14(6)23-9-2/h12-15,18H,8-11H2,1-7H3,(H,19,20)/t13-,14?,15?,17?/m0/s1. The highest BCUT2D eigenvalue weighted by Crippen LogP contribution is 2.24. The van der Waals surface area contributed by atoms with E-state index in [2.05, 4.69) is 26.1 Å². The van der Waals surface area contributed by atoms with Crippen LogP contribution in [0.4, 0.5) is 0 Å². The van der Waals surface area contributed by atoms with Gasteiger partial charge in [0.25, 0.3) is 0 Å². The summed E-state index contributed by atoms with van der Waals surface area (Å²) in [6, 6.07) is 0. The van der Waals surface area contributed by atoms with Gasteiger partial charge in [0.1, 0.15) is 5.72 Å². The number of ether oxygens (including phenoxy) is 2. The molecule has 0 amide bonds. The second-order valence-electron chi connectivity index (χ2n) is 6.36. The Labute approximate surface area is 145 Å². The molecule has 0 aromatic heterocycles. The summed E-state index contributed by atoms with van der Waals surface area (Å²) in [5.74, 6) is 0.548. The lowest BCUT2D eigenvalue weighted by molar-refractivity contribution is -0.147. The maximum Gasteiger partial charge on any atom is 0.307 e. The topological polar surface area (TPSA) is 67.8 Å². The molecule has 0 radical (unpaired) electrons. The zero-order valence-corrected chi connectivity index (χ0v) is 16.5. The van der Waals surface area contributed by atoms with Crippen LogP contribution in [0.15, 0.2) is 0 Å². The van der Waals surface area contributed by atoms with Gasteiger partial charge >= 0.3 is 5.97 Å². The van der Waals surface area contributed by atoms with E-state index in [1.165, 1.54) is 0 Å². The Balaban J connectivity index is 4.89. The molecule has 0 aliphatic heterocycles. The first kappa shape index (κ1) is 22.7. The number of rotatable bonds is 13. The average Bonchev–Trinajstić information content (AvgIpc) is 2.42. The number of hydrogen-bond acceptors (Lipinski definition) is 5. The van der Waals surface area contributed by atoms with Crippen molar-refractivity contribution in [1.82, 2.24) is 5.32 Å². The Kier molecular flexibility index (Phi) is 11.1. The van der Waals surface area contributed by atoms with Crippen LogP contribution in [0.5, 0.6) is 0 Å². The number of hydrogen-bond donors (Lipinski definition) is 2. The molecular weight excluding hydrogens is 314 g/mol. The lowest BCUT2D eigenvalue weighted by atomic mass is 10.00. The molecule has 0 rings (SSSR count). The fraction of sp³-hybridized carbons (Fsp3) is 0.941. The maximum absolute atomic E-state index is 11.1. The van der Waals surface area contributed by atoms with Gasteiger partial charge in [-0.25, -0.2) is 0 Å². The normalized spacial score (nSPS) is 18.4. The maximum atomic E-state index is 11.1. The zero-order valence-electron chi connectivity index (χ0n) is 15.7. The molecule has 138 valence electrons. The highest BCUT2D eigenvalue weighted by atomic mass is 32.2. The van der Waals surface area contributed by atoms with Crippen LogP contribution < -0.4 is 5.32 Å². The largest absolute Gasteiger partial charge is 0.481 e. The minimum absolute atomic E-state index is 0.0117. The van der Waals surface area contributed by atoms with Gasteiger partial charge in [-0.1, -0.05) is 20.8 Å². The van der Waals surface area contributed by atoms with Crippen molar-refractivity contribution in [1.29, 1.82) is 0 Å². The van der Waals surface area contributed by atoms with Gasteiger partial charge in [0, 0.05) is 18.4 Å². The SMILES string of the molecule is CCOC(C)(CC(=O)O)NCC(OC(C)C)[C@@H](C)C(C)SCC. The van der Waals surface area contributed by atoms with Crippen LogP contribution in [0.25, 0.3) is 0 Å². The fourth-order valence-corrected chi connectivity index (χ4v) is 3.52. The van der Waals surface area contributed by atoms with Crippen LogP contribution in [0.3, 0.4) is 0 Å². The van der Waals surface area contributed by atoms with Gasteiger partial charge in [-0.15, -0.1) is 0 Å². The molecule has 0 aliphatic carbocycles. The number of carboxylic acid groups (broad SMARTS) is 1. The third-order valence-electron chi connectivity index (χ3n) is 3.83. The first-order chi connectivity index (χ1) is 10.6. The summed E-state index contributed by atoms with van der Waals surface area (Å²) in [4.78, 5) is 11.1. The van der Waals surface area contributed by atoms with Crippen molar-refractivity contribution in [2.45, 2.75) is 78.1 Å². The number of nitrogens with one attached hydrogen (secondary N) is 1. The molecule has 0 spiro atoms. The van der Waals surface area contributed by atoms with Crippen molar-refractivity contribution < 1.29 is 19.4 Å². The molecule has 5 nitrogen and oxygen atoms in total. The van der Waals surface area contributed by atoms with Crippen LogP contribution >= 0.6 is 11.8 Å². The van der Waals surface area contributed by atoms with E-state index in [0.29, 0.717) is 24.3 Å². The molecule has 0 saturated carbocycles. The van der Waals surface area contributed by atoms with Crippen molar-refractivity contribution >= 4 is 17.7 Å². The monoisotopic (exact) mass is 349 g/mol. The first-order valence-electron chi connectivity index (χ1n) is 8.53. The molecule has 0 aromatic carbocycles. The second kappa shape index (κ2) is 11.3. The van der Waals surface area contributed by atoms with Crippen molar-refractivity contribution in [2.75, 3.05) is 18.9 Å². The summed E-state index contributed by atoms with van der Waals surface area (Å²) in [7, 11) is 0. The zero-order chi connectivity index (χ0) is 18.0. The van der Waals surface area contributed by atoms with Crippen LogP contribution in [-0.4, -0.2) is 53.2 Å². The van der Waals surface area contributed by atoms with Crippen LogP contribution in [0.1, 0.15) is 54.9 Å². The second-order valence-corrected chi connectivity index (χ2v) is 8.01. The van der Waals surface area contributed by atoms with E-state index in [4.69, 9.17) is 14.6 Å². The molecule has 0 bridgehead atoms. The molecule has 0 aromatic rings. The lowest BCUT2D eigenvalue weighted by Crippen LogP contribution is -2.51. The first-order valence-corrected chi connectivity index (χ1v) is 9.57. The summed E-state index contributed by atoms with van der Waals surface area (Å²) in [6.07, 6.45) is 0.0571. The molecule has 0 fully saturated rings. The molecular formula is C17H35NO4S. The number of aliphatic carboxylic acids is 1. The average molecular weight is 350 g/mol. The quantitative estimate of drug-likeness (QED) is 0.497. The van der Waals surface area contributed by atoms with Crippen LogP contribution in [-0.2, 0) is 14.3 Å². The molecule has 6 heteroatoms. The summed E-state index contributed by atoms with van der Waals surface area (Å²) in [5, 5.41) is 12.8. The smallest absolute Gasteiger partial charge is 0.307 e. The summed E-state index contributed by atoms with van der Waals surface area (Å²) < 4.78 is 11.7. The Morgan fingerprint density at radius 1 is 1.26 bits per heavy atom. The van der Waals surface area contributed by atoms with Crippen molar-refractivity contribution in [2.24, 2.45) is 5.92 Å². The number of thioether (sulfide) groups is 1. The minimum atomic E-state index is -0.877. The van der Waals surface area contributed by atoms with E-state index >= 15 is 0 Å². The predicted molar refractivity (Wildman–Crippen MR) is 97.1 cm³/mol. The van der Waals surface area contributed by atoms with Gasteiger partial charge in [0.15, 0.2) is 0 Å². The van der Waals surface area contributed by atoms with E-state index in [9.17, 15) is 4.79 Å². The lowest BCUT2D eigenvalue weighted by Gasteiger charge is -2.35. The molecule has 0 saturated heterocycles. The van der Waals surface area contributed by atoms with Gasteiger partial charge < -0.3 is 14.6 Å². The van der Waals surface area contributed by atoms with E-state index in [0.717, 1.165) is 5.75 Å². The molecule has 3 unspecified atom stereocenters. The van der Waals surface area contributed by atoms with Crippen molar-refractivity contribution in [3.63, 3.8) is 0 Å². The Morgan fingerprint density at radius 2 is 1.87 bits per heavy atom. The van der Waals surface area contributed by atoms with Gasteiger partial charge in [-0.2, -0.15) is 11.8 Å². The van der Waals surface area contributed by atoms with E-state index in [1.807, 2.05) is 32.5 Å². The predicted octanol–water partition coefficient (Wildman–Crippen LogP) is 3.37. The van der Waals surface area contributed by atoms with Crippen LogP contribution in [0, 0.1) is 5.92 Å². The third-order valence-corrected chi connectivity index (χ3v) is 5.12. The van der Waals surface area contributed by atoms with Gasteiger partial charge in [-0.3, -0.25) is 10.1 Å². The van der Waals surface area contributed by atoms with Crippen molar-refractivity contribution in [3.05, 3.63) is 0 Å². The highest BCUT2D eigenvalue weighted by Gasteiger charge is 2.31. The highest BCUT2D eigenvalue weighted by molar-refractivity contribution is 7.99. The Morgan fingerprint density at radius 3 is 2.30 bits per heavy atom. The van der Waals surface area contributed by atoms with Crippen molar-refractivity contribution in [3.8, 4) is 0 Å². The molecule has 0 aliphatic rings. The van der Waals surface area contributed by atoms with Crippen LogP contribution in [0.2, 0.25) is 0 Å². The number of carbonyl (C=O) groups is 1. The minimum Gasteiger partial charge on any atom is -0.481 e. The fourth-order valence-electron chi connectivity index (χ4n) is 2.51. The van der Waals surface area contributed by atoms with Gasteiger partial charge in [0.2, 0.25) is 0 Å². The third kappa shape index (κ3) is 9.55. The summed E-state index contributed by atoms with van der Waals surface area (Å²) in [5.41, 5.74) is -0.875. The van der Waals surface area contributed by atoms with E-state index < -0.39 is 11.7 Å². The molecule has 4 atom stereocenters. The van der Waals surface area contributed by atoms with E-state index in [-0.39, 0.29) is 18.6 Å². The summed E-state index contributed by atoms with van der Waals surface area (Å²) in [6.45, 7) is 15.3. The van der Waals surface area contributed by atoms with Gasteiger partial charge in [-0.05, 0) is 39.4 Å². The van der Waals surface area contributed by atoms with E-state index in [1.54, 1.807) is 6.92 Å². The molecule has 0 heterocycles. The number of carboxylic acids is 1.